The van der Waals surface area contributed by atoms with Crippen molar-refractivity contribution in [2.24, 2.45) is 5.41 Å². The molecule has 0 amide bonds. The van der Waals surface area contributed by atoms with E-state index in [2.05, 4.69) is 20.8 Å². The fourth-order valence-corrected chi connectivity index (χ4v) is 2.10. The summed E-state index contributed by atoms with van der Waals surface area (Å²) in [6.07, 6.45) is 0.689. The summed E-state index contributed by atoms with van der Waals surface area (Å²) in [5.41, 5.74) is 0.111. The Bertz CT molecular complexity index is 245. The van der Waals surface area contributed by atoms with Crippen LogP contribution in [0.4, 0.5) is 0 Å². The molecule has 122 valence electrons. The number of nitrogens with zero attached hydrogens (tertiary/aromatic N) is 1. The highest BCUT2D eigenvalue weighted by Gasteiger charge is 2.22. The molecule has 1 atom stereocenters. The Balaban J connectivity index is 0. The van der Waals surface area contributed by atoms with Crippen molar-refractivity contribution in [2.45, 2.75) is 67.4 Å². The third kappa shape index (κ3) is 12.4. The van der Waals surface area contributed by atoms with E-state index in [1.165, 1.54) is 0 Å². The van der Waals surface area contributed by atoms with E-state index in [1.54, 1.807) is 0 Å². The number of aliphatic carboxylic acids is 1. The summed E-state index contributed by atoms with van der Waals surface area (Å²) in [4.78, 5) is 9.93. The SMILES string of the molecule is CC(C)(C)CCC(=O)[O-].CC[N+](CC)(CC)CC(C)O. The number of carbonyl (C=O) groups excluding carboxylic acids is 1. The number of aliphatic hydroxyl groups is 1. The Labute approximate surface area is 125 Å². The van der Waals surface area contributed by atoms with Gasteiger partial charge in [0.15, 0.2) is 0 Å². The minimum Gasteiger partial charge on any atom is -0.550 e. The molecule has 0 heterocycles. The van der Waals surface area contributed by atoms with Crippen LogP contribution < -0.4 is 5.11 Å². The summed E-state index contributed by atoms with van der Waals surface area (Å²) in [7, 11) is 0. The van der Waals surface area contributed by atoms with Gasteiger partial charge in [0.25, 0.3) is 0 Å². The average molecular weight is 289 g/mol. The molecule has 0 aromatic rings. The summed E-state index contributed by atoms with van der Waals surface area (Å²) in [5, 5.41) is 19.2. The van der Waals surface area contributed by atoms with Crippen molar-refractivity contribution in [2.75, 3.05) is 26.2 Å². The van der Waals surface area contributed by atoms with Crippen LogP contribution in [-0.2, 0) is 4.79 Å². The topological polar surface area (TPSA) is 60.4 Å². The second-order valence-corrected chi connectivity index (χ2v) is 6.75. The summed E-state index contributed by atoms with van der Waals surface area (Å²) >= 11 is 0. The molecule has 0 fully saturated rings. The fourth-order valence-electron chi connectivity index (χ4n) is 2.10. The molecule has 0 aromatic heterocycles. The van der Waals surface area contributed by atoms with Gasteiger partial charge in [-0.2, -0.15) is 0 Å². The van der Waals surface area contributed by atoms with Crippen molar-refractivity contribution in [3.63, 3.8) is 0 Å². The van der Waals surface area contributed by atoms with E-state index in [4.69, 9.17) is 0 Å². The number of carboxylic acid groups (broad SMARTS) is 1. The first-order valence-electron chi connectivity index (χ1n) is 7.75. The molecule has 20 heavy (non-hydrogen) atoms. The molecule has 1 N–H and O–H groups in total. The molecule has 1 unspecified atom stereocenters. The van der Waals surface area contributed by atoms with Gasteiger partial charge in [0, 0.05) is 5.97 Å². The molecule has 0 aliphatic heterocycles. The van der Waals surface area contributed by atoms with Crippen LogP contribution in [0.2, 0.25) is 0 Å². The minimum atomic E-state index is -0.954. The number of aliphatic hydroxyl groups excluding tert-OH is 1. The van der Waals surface area contributed by atoms with Crippen LogP contribution in [0.5, 0.6) is 0 Å². The average Bonchev–Trinajstić information content (AvgIpc) is 2.33. The van der Waals surface area contributed by atoms with Crippen LogP contribution in [0.1, 0.15) is 61.3 Å². The zero-order valence-electron chi connectivity index (χ0n) is 14.5. The molecule has 0 saturated heterocycles. The van der Waals surface area contributed by atoms with E-state index < -0.39 is 5.97 Å². The van der Waals surface area contributed by atoms with Gasteiger partial charge in [-0.3, -0.25) is 0 Å². The van der Waals surface area contributed by atoms with E-state index in [-0.39, 0.29) is 17.9 Å². The maximum atomic E-state index is 9.93. The highest BCUT2D eigenvalue weighted by Crippen LogP contribution is 2.19. The Hall–Kier alpha value is -0.610. The Morgan fingerprint density at radius 3 is 1.65 bits per heavy atom. The van der Waals surface area contributed by atoms with Crippen LogP contribution in [0.25, 0.3) is 0 Å². The number of hydrogen-bond acceptors (Lipinski definition) is 3. The van der Waals surface area contributed by atoms with Crippen molar-refractivity contribution in [1.82, 2.24) is 0 Å². The van der Waals surface area contributed by atoms with Crippen LogP contribution in [0.15, 0.2) is 0 Å². The summed E-state index contributed by atoms with van der Waals surface area (Å²) in [5.74, 6) is -0.954. The van der Waals surface area contributed by atoms with Crippen molar-refractivity contribution < 1.29 is 19.5 Å². The zero-order chi connectivity index (χ0) is 16.4. The normalized spacial score (nSPS) is 13.4. The molecule has 0 spiro atoms. The molecule has 0 radical (unpaired) electrons. The second-order valence-electron chi connectivity index (χ2n) is 6.75. The molecule has 0 bridgehead atoms. The van der Waals surface area contributed by atoms with Gasteiger partial charge in [0.1, 0.15) is 12.6 Å². The van der Waals surface area contributed by atoms with Crippen LogP contribution in [0.3, 0.4) is 0 Å². The van der Waals surface area contributed by atoms with Gasteiger partial charge in [-0.1, -0.05) is 20.8 Å². The molecule has 4 nitrogen and oxygen atoms in total. The van der Waals surface area contributed by atoms with Gasteiger partial charge in [-0.15, -0.1) is 0 Å². The highest BCUT2D eigenvalue weighted by atomic mass is 16.4. The third-order valence-electron chi connectivity index (χ3n) is 3.74. The van der Waals surface area contributed by atoms with Crippen molar-refractivity contribution in [1.29, 1.82) is 0 Å². The number of carboxylic acids is 1. The first-order chi connectivity index (χ1) is 9.01. The number of hydrogen-bond donors (Lipinski definition) is 1. The lowest BCUT2D eigenvalue weighted by molar-refractivity contribution is -0.925. The summed E-state index contributed by atoms with van der Waals surface area (Å²) in [6.45, 7) is 18.7. The van der Waals surface area contributed by atoms with E-state index in [9.17, 15) is 15.0 Å². The predicted octanol–water partition coefficient (Wildman–Crippen LogP) is 1.81. The molecule has 0 saturated carbocycles. The molecular weight excluding hydrogens is 254 g/mol. The maximum absolute atomic E-state index is 9.93. The Morgan fingerprint density at radius 2 is 1.55 bits per heavy atom. The van der Waals surface area contributed by atoms with Gasteiger partial charge in [0.2, 0.25) is 0 Å². The predicted molar refractivity (Wildman–Crippen MR) is 82.1 cm³/mol. The smallest absolute Gasteiger partial charge is 0.105 e. The molecule has 0 aliphatic carbocycles. The molecule has 4 heteroatoms. The van der Waals surface area contributed by atoms with Crippen LogP contribution in [-0.4, -0.2) is 47.8 Å². The first-order valence-corrected chi connectivity index (χ1v) is 7.75. The monoisotopic (exact) mass is 289 g/mol. The van der Waals surface area contributed by atoms with Gasteiger partial charge in [-0.25, -0.2) is 0 Å². The lowest BCUT2D eigenvalue weighted by atomic mass is 9.91. The van der Waals surface area contributed by atoms with Crippen molar-refractivity contribution in [3.05, 3.63) is 0 Å². The van der Waals surface area contributed by atoms with Gasteiger partial charge >= 0.3 is 0 Å². The zero-order valence-corrected chi connectivity index (χ0v) is 14.5. The highest BCUT2D eigenvalue weighted by molar-refractivity contribution is 5.64. The van der Waals surface area contributed by atoms with E-state index in [0.717, 1.165) is 30.7 Å². The van der Waals surface area contributed by atoms with Crippen LogP contribution >= 0.6 is 0 Å². The number of carbonyl (C=O) groups is 1. The quantitative estimate of drug-likeness (QED) is 0.727. The van der Waals surface area contributed by atoms with Gasteiger partial charge in [0.05, 0.1) is 19.6 Å². The Kier molecular flexibility index (Phi) is 11.0. The van der Waals surface area contributed by atoms with Gasteiger partial charge < -0.3 is 19.5 Å². The lowest BCUT2D eigenvalue weighted by Crippen LogP contribution is -2.51. The number of likely N-dealkylation sites (N-methyl/N-ethyl adjacent to an activating group) is 1. The molecule has 0 aliphatic rings. The van der Waals surface area contributed by atoms with Crippen LogP contribution in [0, 0.1) is 5.41 Å². The fraction of sp³-hybridized carbons (Fsp3) is 0.938. The number of quaternary nitrogens is 1. The standard InChI is InChI=1S/C9H22NO.C7H14O2/c1-5-10(6-2,7-3)8-9(4)11;1-7(2,3)5-4-6(8)9/h9,11H,5-8H2,1-4H3;4-5H2,1-3H3,(H,8,9)/q+1;/p-1. The van der Waals surface area contributed by atoms with E-state index >= 15 is 0 Å². The first kappa shape index (κ1) is 21.7. The minimum absolute atomic E-state index is 0.111. The molecule has 0 aromatic carbocycles. The maximum Gasteiger partial charge on any atom is 0.105 e. The molecule has 0 rings (SSSR count). The van der Waals surface area contributed by atoms with E-state index in [1.807, 2.05) is 27.7 Å². The number of rotatable bonds is 7. The van der Waals surface area contributed by atoms with Crippen molar-refractivity contribution in [3.8, 4) is 0 Å². The van der Waals surface area contributed by atoms with Crippen molar-refractivity contribution >= 4 is 5.97 Å². The third-order valence-corrected chi connectivity index (χ3v) is 3.74. The van der Waals surface area contributed by atoms with E-state index in [0.29, 0.717) is 6.42 Å². The second kappa shape index (κ2) is 10.2. The lowest BCUT2D eigenvalue weighted by Gasteiger charge is -2.36. The summed E-state index contributed by atoms with van der Waals surface area (Å²) in [6, 6.07) is 0. The van der Waals surface area contributed by atoms with Gasteiger partial charge in [-0.05, 0) is 46.0 Å². The Morgan fingerprint density at radius 1 is 1.15 bits per heavy atom. The molecular formula is C16H35NO3. The largest absolute Gasteiger partial charge is 0.550 e. The summed E-state index contributed by atoms with van der Waals surface area (Å²) < 4.78 is 1.04.